The monoisotopic (exact) mass is 410 g/mol. The zero-order chi connectivity index (χ0) is 19.6. The average molecular weight is 411 g/mol. The summed E-state index contributed by atoms with van der Waals surface area (Å²) in [5.41, 5.74) is 0.415. The summed E-state index contributed by atoms with van der Waals surface area (Å²) in [5, 5.41) is 2.52. The van der Waals surface area contributed by atoms with Crippen molar-refractivity contribution in [1.82, 2.24) is 19.9 Å². The van der Waals surface area contributed by atoms with Gasteiger partial charge in [0, 0.05) is 26.2 Å². The van der Waals surface area contributed by atoms with Crippen molar-refractivity contribution in [3.63, 3.8) is 0 Å². The minimum absolute atomic E-state index is 0.0608. The van der Waals surface area contributed by atoms with E-state index in [1.165, 1.54) is 0 Å². The lowest BCUT2D eigenvalue weighted by Crippen LogP contribution is -2.45. The minimum Gasteiger partial charge on any atom is -0.338 e. The van der Waals surface area contributed by atoms with Crippen LogP contribution in [0.2, 0.25) is 5.28 Å². The van der Waals surface area contributed by atoms with Crippen LogP contribution in [0.1, 0.15) is 13.8 Å². The first kappa shape index (κ1) is 19.8. The molecule has 0 atom stereocenters. The molecule has 1 N–H and O–H groups in total. The van der Waals surface area contributed by atoms with Crippen LogP contribution < -0.4 is 10.2 Å². The highest BCUT2D eigenvalue weighted by Crippen LogP contribution is 2.27. The average Bonchev–Trinajstić information content (AvgIpc) is 2.62. The van der Waals surface area contributed by atoms with Gasteiger partial charge in [0.1, 0.15) is 0 Å². The summed E-state index contributed by atoms with van der Waals surface area (Å²) >= 11 is 6.09. The van der Waals surface area contributed by atoms with Gasteiger partial charge in [-0.25, -0.2) is 8.42 Å². The Morgan fingerprint density at radius 1 is 1.07 bits per heavy atom. The topological polar surface area (TPSA) is 91.3 Å². The van der Waals surface area contributed by atoms with Crippen LogP contribution in [0.3, 0.4) is 0 Å². The molecule has 27 heavy (non-hydrogen) atoms. The Hall–Kier alpha value is -1.97. The lowest BCUT2D eigenvalue weighted by molar-refractivity contribution is 0.311. The van der Waals surface area contributed by atoms with E-state index in [2.05, 4.69) is 32.2 Å². The molecule has 2 aromatic rings. The number of benzene rings is 1. The maximum Gasteiger partial charge on any atom is 0.233 e. The van der Waals surface area contributed by atoms with Gasteiger partial charge in [-0.05, 0) is 44.6 Å². The number of hydrogen-bond acceptors (Lipinski definition) is 8. The molecule has 0 saturated carbocycles. The second kappa shape index (κ2) is 7.95. The first-order valence-corrected chi connectivity index (χ1v) is 10.6. The number of halogens is 1. The summed E-state index contributed by atoms with van der Waals surface area (Å²) in [7, 11) is -1.39. The predicted octanol–water partition coefficient (Wildman–Crippen LogP) is 2.20. The van der Waals surface area contributed by atoms with Gasteiger partial charge in [0.15, 0.2) is 9.84 Å². The number of likely N-dealkylation sites (N-methyl/N-ethyl adjacent to an activating group) is 1. The number of hydrogen-bond donors (Lipinski definition) is 1. The van der Waals surface area contributed by atoms with Crippen LogP contribution in [0, 0.1) is 0 Å². The summed E-state index contributed by atoms with van der Waals surface area (Å²) in [6, 6.07) is 6.70. The normalized spacial score (nSPS) is 16.0. The van der Waals surface area contributed by atoms with Crippen LogP contribution in [-0.2, 0) is 9.84 Å². The van der Waals surface area contributed by atoms with Crippen molar-refractivity contribution in [2.45, 2.75) is 24.0 Å². The molecule has 0 unspecified atom stereocenters. The van der Waals surface area contributed by atoms with Gasteiger partial charge in [0.25, 0.3) is 0 Å². The fourth-order valence-corrected chi connectivity index (χ4v) is 4.09. The summed E-state index contributed by atoms with van der Waals surface area (Å²) in [5.74, 6) is 0.699. The Balaban J connectivity index is 1.91. The van der Waals surface area contributed by atoms with E-state index in [1.54, 1.807) is 38.1 Å². The molecule has 8 nitrogen and oxygen atoms in total. The van der Waals surface area contributed by atoms with Gasteiger partial charge >= 0.3 is 0 Å². The number of sulfone groups is 1. The lowest BCUT2D eigenvalue weighted by atomic mass is 10.3. The summed E-state index contributed by atoms with van der Waals surface area (Å²) in [4.78, 5) is 17.2. The molecule has 1 aromatic carbocycles. The SMILES string of the molecule is CC(C)S(=O)(=O)c1ccccc1Nc1nc(Cl)nc(N2CCN(C)CC2)n1. The van der Waals surface area contributed by atoms with Crippen molar-refractivity contribution < 1.29 is 8.42 Å². The van der Waals surface area contributed by atoms with Crippen molar-refractivity contribution in [3.05, 3.63) is 29.5 Å². The van der Waals surface area contributed by atoms with Crippen molar-refractivity contribution in [1.29, 1.82) is 0 Å². The largest absolute Gasteiger partial charge is 0.338 e. The number of anilines is 3. The van der Waals surface area contributed by atoms with E-state index >= 15 is 0 Å². The lowest BCUT2D eigenvalue weighted by Gasteiger charge is -2.32. The molecule has 146 valence electrons. The number of para-hydroxylation sites is 1. The Morgan fingerprint density at radius 3 is 2.41 bits per heavy atom. The molecular formula is C17H23ClN6O2S. The molecule has 0 radical (unpaired) electrons. The van der Waals surface area contributed by atoms with Gasteiger partial charge in [0.05, 0.1) is 15.8 Å². The number of aromatic nitrogens is 3. The van der Waals surface area contributed by atoms with Crippen LogP contribution in [0.4, 0.5) is 17.6 Å². The van der Waals surface area contributed by atoms with E-state index < -0.39 is 15.1 Å². The molecule has 1 aromatic heterocycles. The smallest absolute Gasteiger partial charge is 0.233 e. The second-order valence-corrected chi connectivity index (χ2v) is 9.54. The third-order valence-electron chi connectivity index (χ3n) is 4.44. The van der Waals surface area contributed by atoms with Crippen molar-refractivity contribution in [2.24, 2.45) is 0 Å². The van der Waals surface area contributed by atoms with Crippen molar-refractivity contribution in [3.8, 4) is 0 Å². The molecule has 0 amide bonds. The van der Waals surface area contributed by atoms with E-state index in [9.17, 15) is 8.42 Å². The molecule has 0 spiro atoms. The molecule has 1 aliphatic rings. The van der Waals surface area contributed by atoms with E-state index in [0.717, 1.165) is 26.2 Å². The summed E-state index contributed by atoms with van der Waals surface area (Å²) in [6.45, 7) is 6.68. The van der Waals surface area contributed by atoms with Crippen LogP contribution >= 0.6 is 11.6 Å². The van der Waals surface area contributed by atoms with Crippen molar-refractivity contribution >= 4 is 39.0 Å². The molecule has 0 aliphatic carbocycles. The molecule has 3 rings (SSSR count). The van der Waals surface area contributed by atoms with E-state index in [1.807, 2.05) is 4.90 Å². The summed E-state index contributed by atoms with van der Waals surface area (Å²) < 4.78 is 25.2. The third-order valence-corrected chi connectivity index (χ3v) is 6.82. The Labute approximate surface area is 164 Å². The van der Waals surface area contributed by atoms with Crippen LogP contribution in [-0.4, -0.2) is 66.7 Å². The maximum absolute atomic E-state index is 12.6. The molecule has 0 bridgehead atoms. The molecule has 2 heterocycles. The first-order chi connectivity index (χ1) is 12.8. The Morgan fingerprint density at radius 2 is 1.74 bits per heavy atom. The van der Waals surface area contributed by atoms with Gasteiger partial charge < -0.3 is 15.1 Å². The van der Waals surface area contributed by atoms with Crippen LogP contribution in [0.15, 0.2) is 29.2 Å². The molecule has 1 saturated heterocycles. The highest BCUT2D eigenvalue weighted by atomic mass is 35.5. The third kappa shape index (κ3) is 4.48. The standard InChI is InChI=1S/C17H23ClN6O2S/c1-12(2)27(25,26)14-7-5-4-6-13(14)19-16-20-15(18)21-17(22-16)24-10-8-23(3)9-11-24/h4-7,12H,8-11H2,1-3H3,(H,19,20,21,22). The Bertz CT molecular complexity index is 913. The van der Waals surface area contributed by atoms with Crippen LogP contribution in [0.5, 0.6) is 0 Å². The zero-order valence-corrected chi connectivity index (χ0v) is 17.1. The number of rotatable bonds is 5. The summed E-state index contributed by atoms with van der Waals surface area (Å²) in [6.07, 6.45) is 0. The highest BCUT2D eigenvalue weighted by Gasteiger charge is 2.23. The highest BCUT2D eigenvalue weighted by molar-refractivity contribution is 7.92. The number of nitrogens with one attached hydrogen (secondary N) is 1. The molecule has 1 aliphatic heterocycles. The second-order valence-electron chi connectivity index (χ2n) is 6.73. The number of nitrogens with zero attached hydrogens (tertiary/aromatic N) is 5. The van der Waals surface area contributed by atoms with Crippen molar-refractivity contribution in [2.75, 3.05) is 43.4 Å². The van der Waals surface area contributed by atoms with Gasteiger partial charge in [-0.3, -0.25) is 0 Å². The van der Waals surface area contributed by atoms with Gasteiger partial charge in [-0.2, -0.15) is 15.0 Å². The van der Waals surface area contributed by atoms with E-state index in [-0.39, 0.29) is 16.1 Å². The molecule has 10 heteroatoms. The van der Waals surface area contributed by atoms with Crippen LogP contribution in [0.25, 0.3) is 0 Å². The van der Waals surface area contributed by atoms with Gasteiger partial charge in [0.2, 0.25) is 17.2 Å². The maximum atomic E-state index is 12.6. The predicted molar refractivity (Wildman–Crippen MR) is 107 cm³/mol. The minimum atomic E-state index is -3.46. The first-order valence-electron chi connectivity index (χ1n) is 8.72. The number of piperazine rings is 1. The van der Waals surface area contributed by atoms with E-state index in [0.29, 0.717) is 11.6 Å². The fraction of sp³-hybridized carbons (Fsp3) is 0.471. The zero-order valence-electron chi connectivity index (χ0n) is 15.6. The fourth-order valence-electron chi connectivity index (χ4n) is 2.74. The molecular weight excluding hydrogens is 388 g/mol. The quantitative estimate of drug-likeness (QED) is 0.802. The van der Waals surface area contributed by atoms with E-state index in [4.69, 9.17) is 11.6 Å². The molecule has 1 fully saturated rings. The Kier molecular flexibility index (Phi) is 5.83. The van der Waals surface area contributed by atoms with Gasteiger partial charge in [-0.1, -0.05) is 12.1 Å². The van der Waals surface area contributed by atoms with Gasteiger partial charge in [-0.15, -0.1) is 0 Å².